The second kappa shape index (κ2) is 19.4. The molecule has 0 saturated carbocycles. The molecular formula is C24H45NO3. The minimum Gasteiger partial charge on any atom is -0.464 e. The van der Waals surface area contributed by atoms with Crippen molar-refractivity contribution in [2.24, 2.45) is 0 Å². The number of morpholine rings is 1. The van der Waals surface area contributed by atoms with Gasteiger partial charge in [0.15, 0.2) is 0 Å². The Labute approximate surface area is 174 Å². The Bertz CT molecular complexity index is 378. The highest BCUT2D eigenvalue weighted by molar-refractivity contribution is 5.69. The molecule has 4 heteroatoms. The largest absolute Gasteiger partial charge is 0.464 e. The Morgan fingerprint density at radius 1 is 0.857 bits per heavy atom. The van der Waals surface area contributed by atoms with E-state index in [9.17, 15) is 4.79 Å². The Balaban J connectivity index is 1.77. The molecule has 1 aliphatic heterocycles. The lowest BCUT2D eigenvalue weighted by atomic mass is 10.1. The molecule has 0 aliphatic carbocycles. The number of hydrogen-bond acceptors (Lipinski definition) is 4. The highest BCUT2D eigenvalue weighted by Gasteiger charge is 2.10. The molecule has 0 bridgehead atoms. The van der Waals surface area contributed by atoms with Gasteiger partial charge in [0, 0.05) is 26.1 Å². The second-order valence-corrected chi connectivity index (χ2v) is 8.01. The Hall–Kier alpha value is -0.870. The van der Waals surface area contributed by atoms with Gasteiger partial charge in [-0.05, 0) is 32.1 Å². The van der Waals surface area contributed by atoms with Crippen LogP contribution < -0.4 is 0 Å². The fraction of sp³-hybridized carbons (Fsp3) is 0.875. The topological polar surface area (TPSA) is 38.8 Å². The zero-order chi connectivity index (χ0) is 20.1. The number of carbonyl (C=O) groups is 1. The normalized spacial score (nSPS) is 15.3. The number of allylic oxidation sites excluding steroid dienone is 2. The lowest BCUT2D eigenvalue weighted by molar-refractivity contribution is -0.144. The van der Waals surface area contributed by atoms with E-state index >= 15 is 0 Å². The summed E-state index contributed by atoms with van der Waals surface area (Å²) < 4.78 is 10.6. The first-order chi connectivity index (χ1) is 13.8. The summed E-state index contributed by atoms with van der Waals surface area (Å²) in [6.45, 7) is 7.11. The number of hydrogen-bond donors (Lipinski definition) is 0. The Morgan fingerprint density at radius 2 is 1.43 bits per heavy atom. The summed E-state index contributed by atoms with van der Waals surface area (Å²) in [5.41, 5.74) is 0. The van der Waals surface area contributed by atoms with Gasteiger partial charge in [-0.15, -0.1) is 0 Å². The van der Waals surface area contributed by atoms with Crippen molar-refractivity contribution in [3.63, 3.8) is 0 Å². The maximum absolute atomic E-state index is 11.7. The van der Waals surface area contributed by atoms with Crippen LogP contribution in [0.15, 0.2) is 12.2 Å². The third-order valence-corrected chi connectivity index (χ3v) is 5.42. The highest BCUT2D eigenvalue weighted by atomic mass is 16.5. The fourth-order valence-corrected chi connectivity index (χ4v) is 3.53. The van der Waals surface area contributed by atoms with E-state index in [1.807, 2.05) is 0 Å². The minimum atomic E-state index is -0.0362. The molecule has 28 heavy (non-hydrogen) atoms. The van der Waals surface area contributed by atoms with Crippen LogP contribution in [0.2, 0.25) is 0 Å². The van der Waals surface area contributed by atoms with Gasteiger partial charge in [-0.25, -0.2) is 0 Å². The SMILES string of the molecule is CCCCCCCC/C=C\CCCCCCCC(=O)OCCN1CCOCC1. The average molecular weight is 396 g/mol. The predicted octanol–water partition coefficient (Wildman–Crippen LogP) is 5.90. The van der Waals surface area contributed by atoms with Gasteiger partial charge < -0.3 is 9.47 Å². The monoisotopic (exact) mass is 395 g/mol. The summed E-state index contributed by atoms with van der Waals surface area (Å²) in [5.74, 6) is -0.0362. The smallest absolute Gasteiger partial charge is 0.305 e. The molecule has 0 atom stereocenters. The maximum Gasteiger partial charge on any atom is 0.305 e. The zero-order valence-electron chi connectivity index (χ0n) is 18.5. The summed E-state index contributed by atoms with van der Waals surface area (Å²) >= 11 is 0. The van der Waals surface area contributed by atoms with E-state index in [1.54, 1.807) is 0 Å². The van der Waals surface area contributed by atoms with Gasteiger partial charge in [-0.2, -0.15) is 0 Å². The third kappa shape index (κ3) is 16.1. The van der Waals surface area contributed by atoms with Crippen molar-refractivity contribution in [2.45, 2.75) is 96.8 Å². The fourth-order valence-electron chi connectivity index (χ4n) is 3.53. The van der Waals surface area contributed by atoms with Crippen LogP contribution in [0.1, 0.15) is 96.8 Å². The molecule has 164 valence electrons. The molecule has 1 saturated heterocycles. The molecule has 1 fully saturated rings. The molecule has 0 radical (unpaired) electrons. The van der Waals surface area contributed by atoms with Crippen molar-refractivity contribution in [3.8, 4) is 0 Å². The van der Waals surface area contributed by atoms with E-state index in [0.717, 1.165) is 45.7 Å². The van der Waals surface area contributed by atoms with Crippen LogP contribution in [0.4, 0.5) is 0 Å². The Kier molecular flexibility index (Phi) is 17.5. The summed E-state index contributed by atoms with van der Waals surface area (Å²) in [4.78, 5) is 14.0. The third-order valence-electron chi connectivity index (χ3n) is 5.42. The van der Waals surface area contributed by atoms with E-state index in [2.05, 4.69) is 24.0 Å². The number of nitrogens with zero attached hydrogens (tertiary/aromatic N) is 1. The van der Waals surface area contributed by atoms with E-state index in [4.69, 9.17) is 9.47 Å². The van der Waals surface area contributed by atoms with Crippen molar-refractivity contribution in [3.05, 3.63) is 12.2 Å². The average Bonchev–Trinajstić information content (AvgIpc) is 2.71. The van der Waals surface area contributed by atoms with Gasteiger partial charge in [0.25, 0.3) is 0 Å². The first kappa shape index (κ1) is 25.2. The number of rotatable bonds is 18. The zero-order valence-corrected chi connectivity index (χ0v) is 18.5. The summed E-state index contributed by atoms with van der Waals surface area (Å²) in [7, 11) is 0. The van der Waals surface area contributed by atoms with Gasteiger partial charge in [0.05, 0.1) is 13.2 Å². The molecule has 1 rings (SSSR count). The molecule has 0 unspecified atom stereocenters. The molecule has 1 aliphatic rings. The highest BCUT2D eigenvalue weighted by Crippen LogP contribution is 2.10. The molecule has 1 heterocycles. The number of carbonyl (C=O) groups excluding carboxylic acids is 1. The van der Waals surface area contributed by atoms with Crippen molar-refractivity contribution in [1.82, 2.24) is 4.90 Å². The number of unbranched alkanes of at least 4 members (excludes halogenated alkanes) is 11. The van der Waals surface area contributed by atoms with Gasteiger partial charge in [-0.3, -0.25) is 9.69 Å². The van der Waals surface area contributed by atoms with Gasteiger partial charge in [0.1, 0.15) is 6.61 Å². The van der Waals surface area contributed by atoms with Crippen LogP contribution in [0.25, 0.3) is 0 Å². The second-order valence-electron chi connectivity index (χ2n) is 8.01. The lowest BCUT2D eigenvalue weighted by Gasteiger charge is -2.26. The van der Waals surface area contributed by atoms with Crippen molar-refractivity contribution in [2.75, 3.05) is 39.5 Å². The Morgan fingerprint density at radius 3 is 2.07 bits per heavy atom. The van der Waals surface area contributed by atoms with Gasteiger partial charge >= 0.3 is 5.97 Å². The first-order valence-electron chi connectivity index (χ1n) is 11.9. The van der Waals surface area contributed by atoms with E-state index in [1.165, 1.54) is 70.6 Å². The predicted molar refractivity (Wildman–Crippen MR) is 118 cm³/mol. The molecule has 0 aromatic rings. The standard InChI is InChI=1S/C24H45NO3/c1-2-3-4-5-6-7-8-9-10-11-12-13-14-15-16-17-24(26)28-23-20-25-18-21-27-22-19-25/h9-10H,2-8,11-23H2,1H3/b10-9-. The molecule has 0 N–H and O–H groups in total. The van der Waals surface area contributed by atoms with Crippen LogP contribution in [0.5, 0.6) is 0 Å². The van der Waals surface area contributed by atoms with Crippen molar-refractivity contribution < 1.29 is 14.3 Å². The number of esters is 1. The quantitative estimate of drug-likeness (QED) is 0.164. The van der Waals surface area contributed by atoms with E-state index < -0.39 is 0 Å². The van der Waals surface area contributed by atoms with Crippen LogP contribution >= 0.6 is 0 Å². The summed E-state index contributed by atoms with van der Waals surface area (Å²) in [6, 6.07) is 0. The molecule has 0 spiro atoms. The van der Waals surface area contributed by atoms with E-state index in [0.29, 0.717) is 13.0 Å². The summed E-state index contributed by atoms with van der Waals surface area (Å²) in [5, 5.41) is 0. The number of ether oxygens (including phenoxy) is 2. The van der Waals surface area contributed by atoms with Crippen molar-refractivity contribution >= 4 is 5.97 Å². The van der Waals surface area contributed by atoms with E-state index in [-0.39, 0.29) is 5.97 Å². The van der Waals surface area contributed by atoms with Crippen LogP contribution in [0.3, 0.4) is 0 Å². The first-order valence-corrected chi connectivity index (χ1v) is 11.9. The van der Waals surface area contributed by atoms with Crippen LogP contribution in [0, 0.1) is 0 Å². The molecular weight excluding hydrogens is 350 g/mol. The van der Waals surface area contributed by atoms with Crippen molar-refractivity contribution in [1.29, 1.82) is 0 Å². The van der Waals surface area contributed by atoms with Crippen LogP contribution in [-0.4, -0.2) is 50.3 Å². The van der Waals surface area contributed by atoms with Gasteiger partial charge in [-0.1, -0.05) is 70.4 Å². The molecule has 4 nitrogen and oxygen atoms in total. The maximum atomic E-state index is 11.7. The minimum absolute atomic E-state index is 0.0362. The molecule has 0 aromatic carbocycles. The van der Waals surface area contributed by atoms with Gasteiger partial charge in [0.2, 0.25) is 0 Å². The molecule has 0 aromatic heterocycles. The van der Waals surface area contributed by atoms with Crippen LogP contribution in [-0.2, 0) is 14.3 Å². The molecule has 0 amide bonds. The summed E-state index contributed by atoms with van der Waals surface area (Å²) in [6.07, 6.45) is 21.9. The lowest BCUT2D eigenvalue weighted by Crippen LogP contribution is -2.38.